The van der Waals surface area contributed by atoms with Gasteiger partial charge in [0, 0.05) is 13.6 Å². The lowest BCUT2D eigenvalue weighted by molar-refractivity contribution is -0.119. The largest absolute Gasteiger partial charge is 0.397 e. The lowest BCUT2D eigenvalue weighted by Gasteiger charge is -2.22. The van der Waals surface area contributed by atoms with E-state index in [1.165, 1.54) is 0 Å². The Morgan fingerprint density at radius 3 is 2.72 bits per heavy atom. The minimum Gasteiger partial charge on any atom is -0.397 e. The number of hydrogen-bond acceptors (Lipinski definition) is 3. The van der Waals surface area contributed by atoms with Gasteiger partial charge >= 0.3 is 0 Å². The Balaban J connectivity index is 2.65. The van der Waals surface area contributed by atoms with Crippen molar-refractivity contribution in [2.45, 2.75) is 13.8 Å². The zero-order valence-corrected chi connectivity index (χ0v) is 11.8. The van der Waals surface area contributed by atoms with E-state index < -0.39 is 0 Å². The van der Waals surface area contributed by atoms with Gasteiger partial charge in [-0.2, -0.15) is 0 Å². The number of amides is 1. The van der Waals surface area contributed by atoms with Crippen LogP contribution in [0.3, 0.4) is 0 Å². The molecule has 0 spiro atoms. The third-order valence-corrected chi connectivity index (χ3v) is 2.79. The van der Waals surface area contributed by atoms with E-state index in [-0.39, 0.29) is 12.5 Å². The molecule has 0 aliphatic heterocycles. The van der Waals surface area contributed by atoms with Crippen LogP contribution in [0.25, 0.3) is 0 Å². The molecule has 0 radical (unpaired) electrons. The molecule has 3 N–H and O–H groups in total. The van der Waals surface area contributed by atoms with E-state index in [0.717, 1.165) is 0 Å². The lowest BCUT2D eigenvalue weighted by atomic mass is 10.2. The molecule has 0 atom stereocenters. The van der Waals surface area contributed by atoms with Crippen molar-refractivity contribution in [1.82, 2.24) is 5.32 Å². The van der Waals surface area contributed by atoms with Crippen molar-refractivity contribution in [3.8, 4) is 0 Å². The zero-order chi connectivity index (χ0) is 13.7. The molecular formula is C13H20ClN3O. The molecule has 0 aromatic heterocycles. The second kappa shape index (κ2) is 6.50. The van der Waals surface area contributed by atoms with Gasteiger partial charge in [0.15, 0.2) is 0 Å². The van der Waals surface area contributed by atoms with Gasteiger partial charge in [-0.3, -0.25) is 4.79 Å². The molecule has 5 heteroatoms. The number of carbonyl (C=O) groups is 1. The number of nitrogens with one attached hydrogen (secondary N) is 1. The van der Waals surface area contributed by atoms with Gasteiger partial charge in [-0.25, -0.2) is 0 Å². The number of hydrogen-bond donors (Lipinski definition) is 2. The van der Waals surface area contributed by atoms with Gasteiger partial charge in [0.25, 0.3) is 0 Å². The van der Waals surface area contributed by atoms with Crippen LogP contribution in [-0.4, -0.2) is 26.0 Å². The average molecular weight is 270 g/mol. The Bertz CT molecular complexity index is 400. The molecule has 0 heterocycles. The fourth-order valence-electron chi connectivity index (χ4n) is 1.60. The Morgan fingerprint density at radius 2 is 2.17 bits per heavy atom. The van der Waals surface area contributed by atoms with E-state index in [1.54, 1.807) is 30.1 Å². The molecule has 18 heavy (non-hydrogen) atoms. The van der Waals surface area contributed by atoms with Crippen molar-refractivity contribution >= 4 is 28.9 Å². The monoisotopic (exact) mass is 269 g/mol. The summed E-state index contributed by atoms with van der Waals surface area (Å²) < 4.78 is 0. The molecule has 0 fully saturated rings. The number of anilines is 2. The first-order valence-corrected chi connectivity index (χ1v) is 6.31. The van der Waals surface area contributed by atoms with Crippen molar-refractivity contribution in [1.29, 1.82) is 0 Å². The van der Waals surface area contributed by atoms with Crippen LogP contribution in [0, 0.1) is 5.92 Å². The summed E-state index contributed by atoms with van der Waals surface area (Å²) in [4.78, 5) is 13.5. The van der Waals surface area contributed by atoms with Crippen molar-refractivity contribution in [3.63, 3.8) is 0 Å². The second-order valence-corrected chi connectivity index (χ2v) is 5.14. The fourth-order valence-corrected chi connectivity index (χ4v) is 1.93. The predicted octanol–water partition coefficient (Wildman–Crippen LogP) is 2.13. The Labute approximate surface area is 113 Å². The van der Waals surface area contributed by atoms with E-state index in [9.17, 15) is 4.79 Å². The van der Waals surface area contributed by atoms with E-state index in [1.807, 2.05) is 0 Å². The maximum Gasteiger partial charge on any atom is 0.239 e. The molecule has 0 saturated heterocycles. The summed E-state index contributed by atoms with van der Waals surface area (Å²) in [7, 11) is 1.80. The lowest BCUT2D eigenvalue weighted by Crippen LogP contribution is -2.37. The number of para-hydroxylation sites is 1. The number of nitrogens with two attached hydrogens (primary N) is 1. The maximum atomic E-state index is 11.7. The first-order chi connectivity index (χ1) is 8.41. The molecule has 1 rings (SSSR count). The molecule has 0 saturated carbocycles. The second-order valence-electron chi connectivity index (χ2n) is 4.73. The molecule has 100 valence electrons. The summed E-state index contributed by atoms with van der Waals surface area (Å²) in [5.41, 5.74) is 7.13. The van der Waals surface area contributed by atoms with Gasteiger partial charge in [0.05, 0.1) is 22.9 Å². The third-order valence-electron chi connectivity index (χ3n) is 2.49. The molecule has 1 aromatic carbocycles. The summed E-state index contributed by atoms with van der Waals surface area (Å²) in [6.45, 7) is 5.01. The quantitative estimate of drug-likeness (QED) is 0.805. The number of likely N-dealkylation sites (N-methyl/N-ethyl adjacent to an activating group) is 1. The van der Waals surface area contributed by atoms with E-state index >= 15 is 0 Å². The van der Waals surface area contributed by atoms with Crippen LogP contribution in [0.5, 0.6) is 0 Å². The minimum atomic E-state index is -0.0366. The van der Waals surface area contributed by atoms with Crippen LogP contribution in [0.15, 0.2) is 18.2 Å². The highest BCUT2D eigenvalue weighted by molar-refractivity contribution is 6.34. The number of nitrogen functional groups attached to an aromatic ring is 1. The molecule has 0 aliphatic rings. The zero-order valence-electron chi connectivity index (χ0n) is 11.0. The minimum absolute atomic E-state index is 0.0366. The summed E-state index contributed by atoms with van der Waals surface area (Å²) in [5.74, 6) is 0.398. The van der Waals surface area contributed by atoms with Crippen LogP contribution in [-0.2, 0) is 4.79 Å². The van der Waals surface area contributed by atoms with Crippen LogP contribution < -0.4 is 16.0 Å². The molecular weight excluding hydrogens is 250 g/mol. The molecule has 1 aromatic rings. The van der Waals surface area contributed by atoms with Crippen LogP contribution >= 0.6 is 11.6 Å². The van der Waals surface area contributed by atoms with Crippen LogP contribution in [0.1, 0.15) is 13.8 Å². The van der Waals surface area contributed by atoms with Gasteiger partial charge in [-0.05, 0) is 18.1 Å². The van der Waals surface area contributed by atoms with Gasteiger partial charge in [-0.15, -0.1) is 0 Å². The van der Waals surface area contributed by atoms with Gasteiger partial charge in [0.1, 0.15) is 0 Å². The topological polar surface area (TPSA) is 58.4 Å². The highest BCUT2D eigenvalue weighted by Gasteiger charge is 2.13. The van der Waals surface area contributed by atoms with Crippen LogP contribution in [0.2, 0.25) is 5.02 Å². The SMILES string of the molecule is CC(C)CNC(=O)CN(C)c1c(N)cccc1Cl. The normalized spacial score (nSPS) is 10.5. The summed E-state index contributed by atoms with van der Waals surface area (Å²) in [6, 6.07) is 5.31. The van der Waals surface area contributed by atoms with E-state index in [2.05, 4.69) is 19.2 Å². The summed E-state index contributed by atoms with van der Waals surface area (Å²) >= 11 is 6.08. The Kier molecular flexibility index (Phi) is 5.28. The molecule has 0 aliphatic carbocycles. The van der Waals surface area contributed by atoms with E-state index in [0.29, 0.717) is 28.9 Å². The first kappa shape index (κ1) is 14.6. The summed E-state index contributed by atoms with van der Waals surface area (Å²) in [5, 5.41) is 3.41. The van der Waals surface area contributed by atoms with E-state index in [4.69, 9.17) is 17.3 Å². The fraction of sp³-hybridized carbons (Fsp3) is 0.462. The highest BCUT2D eigenvalue weighted by Crippen LogP contribution is 2.30. The van der Waals surface area contributed by atoms with Crippen molar-refractivity contribution in [2.75, 3.05) is 30.8 Å². The Hall–Kier alpha value is -1.42. The molecule has 4 nitrogen and oxygen atoms in total. The number of carbonyl (C=O) groups excluding carboxylic acids is 1. The molecule has 0 bridgehead atoms. The highest BCUT2D eigenvalue weighted by atomic mass is 35.5. The smallest absolute Gasteiger partial charge is 0.239 e. The van der Waals surface area contributed by atoms with Gasteiger partial charge in [0.2, 0.25) is 5.91 Å². The Morgan fingerprint density at radius 1 is 1.50 bits per heavy atom. The maximum absolute atomic E-state index is 11.7. The predicted molar refractivity (Wildman–Crippen MR) is 77.0 cm³/mol. The molecule has 1 amide bonds. The van der Waals surface area contributed by atoms with Gasteiger partial charge < -0.3 is 16.0 Å². The van der Waals surface area contributed by atoms with Crippen molar-refractivity contribution in [3.05, 3.63) is 23.2 Å². The number of benzene rings is 1. The standard InChI is InChI=1S/C13H20ClN3O/c1-9(2)7-16-12(18)8-17(3)13-10(14)5-4-6-11(13)15/h4-6,9H,7-8,15H2,1-3H3,(H,16,18). The molecule has 0 unspecified atom stereocenters. The number of nitrogens with zero attached hydrogens (tertiary/aromatic N) is 1. The average Bonchev–Trinajstić information content (AvgIpc) is 2.26. The van der Waals surface area contributed by atoms with Crippen molar-refractivity contribution in [2.24, 2.45) is 5.92 Å². The van der Waals surface area contributed by atoms with Crippen LogP contribution in [0.4, 0.5) is 11.4 Å². The summed E-state index contributed by atoms with van der Waals surface area (Å²) in [6.07, 6.45) is 0. The third kappa shape index (κ3) is 4.11. The number of rotatable bonds is 5. The van der Waals surface area contributed by atoms with Crippen molar-refractivity contribution < 1.29 is 4.79 Å². The van der Waals surface area contributed by atoms with Gasteiger partial charge in [-0.1, -0.05) is 31.5 Å². The number of halogens is 1. The first-order valence-electron chi connectivity index (χ1n) is 5.93.